The molecule has 2 N–H and O–H groups in total. The van der Waals surface area contributed by atoms with Crippen LogP contribution in [0.25, 0.3) is 0 Å². The Morgan fingerprint density at radius 1 is 1.19 bits per heavy atom. The summed E-state index contributed by atoms with van der Waals surface area (Å²) in [6, 6.07) is 4.33. The largest absolute Gasteiger partial charge is 0.496 e. The zero-order valence-corrected chi connectivity index (χ0v) is 10.7. The van der Waals surface area contributed by atoms with Crippen molar-refractivity contribution in [2.75, 3.05) is 27.4 Å². The lowest BCUT2D eigenvalue weighted by atomic mass is 10.0. The Hall–Kier alpha value is -1.06. The molecule has 0 saturated carbocycles. The molecule has 0 spiro atoms. The molecular formula is C13H22N2O. The highest BCUT2D eigenvalue weighted by Crippen LogP contribution is 2.22. The van der Waals surface area contributed by atoms with Crippen LogP contribution >= 0.6 is 0 Å². The van der Waals surface area contributed by atoms with Crippen molar-refractivity contribution < 1.29 is 4.74 Å². The SMILES string of the molecule is CNCNCCc1cc(C)c(OC)cc1C. The van der Waals surface area contributed by atoms with Crippen LogP contribution in [0.2, 0.25) is 0 Å². The molecule has 0 bridgehead atoms. The van der Waals surface area contributed by atoms with Gasteiger partial charge >= 0.3 is 0 Å². The smallest absolute Gasteiger partial charge is 0.122 e. The van der Waals surface area contributed by atoms with E-state index >= 15 is 0 Å². The van der Waals surface area contributed by atoms with Crippen molar-refractivity contribution in [1.82, 2.24) is 10.6 Å². The van der Waals surface area contributed by atoms with Crippen molar-refractivity contribution in [1.29, 1.82) is 0 Å². The molecule has 0 aliphatic heterocycles. The van der Waals surface area contributed by atoms with Gasteiger partial charge in [0, 0.05) is 13.2 Å². The van der Waals surface area contributed by atoms with Crippen molar-refractivity contribution in [3.05, 3.63) is 28.8 Å². The topological polar surface area (TPSA) is 33.3 Å². The maximum Gasteiger partial charge on any atom is 0.122 e. The molecular weight excluding hydrogens is 200 g/mol. The van der Waals surface area contributed by atoms with Gasteiger partial charge in [0.15, 0.2) is 0 Å². The standard InChI is InChI=1S/C13H22N2O/c1-10-8-13(16-4)11(2)7-12(10)5-6-15-9-14-3/h7-8,14-15H,5-6,9H2,1-4H3. The second kappa shape index (κ2) is 6.51. The van der Waals surface area contributed by atoms with Crippen molar-refractivity contribution in [3.63, 3.8) is 0 Å². The van der Waals surface area contributed by atoms with Crippen LogP contribution in [0.4, 0.5) is 0 Å². The average Bonchev–Trinajstić information content (AvgIpc) is 2.28. The predicted octanol–water partition coefficient (Wildman–Crippen LogP) is 1.62. The second-order valence-electron chi connectivity index (χ2n) is 4.03. The number of ether oxygens (including phenoxy) is 1. The first kappa shape index (κ1) is 13.0. The van der Waals surface area contributed by atoms with Gasteiger partial charge in [-0.15, -0.1) is 0 Å². The Labute approximate surface area is 98.2 Å². The van der Waals surface area contributed by atoms with Crippen molar-refractivity contribution >= 4 is 0 Å². The minimum atomic E-state index is 0.855. The number of rotatable bonds is 6. The fourth-order valence-corrected chi connectivity index (χ4v) is 1.78. The van der Waals surface area contributed by atoms with Gasteiger partial charge in [-0.2, -0.15) is 0 Å². The van der Waals surface area contributed by atoms with E-state index in [1.165, 1.54) is 16.7 Å². The Kier molecular flexibility index (Phi) is 5.29. The van der Waals surface area contributed by atoms with Gasteiger partial charge in [0.25, 0.3) is 0 Å². The van der Waals surface area contributed by atoms with Gasteiger partial charge in [-0.1, -0.05) is 6.07 Å². The van der Waals surface area contributed by atoms with Gasteiger partial charge in [-0.3, -0.25) is 0 Å². The summed E-state index contributed by atoms with van der Waals surface area (Å²) in [5, 5.41) is 6.38. The molecule has 0 aromatic heterocycles. The number of aryl methyl sites for hydroxylation is 2. The monoisotopic (exact) mass is 222 g/mol. The third-order valence-corrected chi connectivity index (χ3v) is 2.73. The van der Waals surface area contributed by atoms with Crippen LogP contribution in [0.15, 0.2) is 12.1 Å². The summed E-state index contributed by atoms with van der Waals surface area (Å²) in [5.74, 6) is 0.976. The van der Waals surface area contributed by atoms with Crippen molar-refractivity contribution in [2.45, 2.75) is 20.3 Å². The first-order valence-electron chi connectivity index (χ1n) is 5.68. The molecule has 0 amide bonds. The maximum atomic E-state index is 5.30. The van der Waals surface area contributed by atoms with Crippen molar-refractivity contribution in [3.8, 4) is 5.75 Å². The number of nitrogens with one attached hydrogen (secondary N) is 2. The van der Waals surface area contributed by atoms with Gasteiger partial charge in [-0.05, 0) is 50.1 Å². The summed E-state index contributed by atoms with van der Waals surface area (Å²) in [7, 11) is 3.66. The molecule has 0 radical (unpaired) electrons. The fourth-order valence-electron chi connectivity index (χ4n) is 1.78. The van der Waals surface area contributed by atoms with Crippen LogP contribution in [0.3, 0.4) is 0 Å². The minimum Gasteiger partial charge on any atom is -0.496 e. The fraction of sp³-hybridized carbons (Fsp3) is 0.538. The zero-order valence-electron chi connectivity index (χ0n) is 10.7. The molecule has 0 aliphatic rings. The van der Waals surface area contributed by atoms with Gasteiger partial charge in [0.2, 0.25) is 0 Å². The van der Waals surface area contributed by atoms with Crippen LogP contribution in [-0.2, 0) is 6.42 Å². The molecule has 0 aliphatic carbocycles. The molecule has 0 unspecified atom stereocenters. The Morgan fingerprint density at radius 2 is 1.94 bits per heavy atom. The van der Waals surface area contributed by atoms with E-state index in [-0.39, 0.29) is 0 Å². The molecule has 0 fully saturated rings. The molecule has 1 aromatic rings. The lowest BCUT2D eigenvalue weighted by Gasteiger charge is -2.11. The summed E-state index contributed by atoms with van der Waals surface area (Å²) in [6.45, 7) is 6.07. The van der Waals surface area contributed by atoms with E-state index in [1.54, 1.807) is 7.11 Å². The summed E-state index contributed by atoms with van der Waals surface area (Å²) in [4.78, 5) is 0. The van der Waals surface area contributed by atoms with E-state index in [1.807, 2.05) is 7.05 Å². The number of methoxy groups -OCH3 is 1. The number of hydrogen-bond donors (Lipinski definition) is 2. The molecule has 3 heteroatoms. The van der Waals surface area contributed by atoms with E-state index in [0.29, 0.717) is 0 Å². The molecule has 1 rings (SSSR count). The molecule has 0 saturated heterocycles. The molecule has 3 nitrogen and oxygen atoms in total. The van der Waals surface area contributed by atoms with Gasteiger partial charge < -0.3 is 15.4 Å². The van der Waals surface area contributed by atoms with Crippen LogP contribution in [0.5, 0.6) is 5.75 Å². The molecule has 0 atom stereocenters. The Morgan fingerprint density at radius 3 is 2.56 bits per heavy atom. The average molecular weight is 222 g/mol. The van der Waals surface area contributed by atoms with Gasteiger partial charge in [0.05, 0.1) is 7.11 Å². The molecule has 1 aromatic carbocycles. The van der Waals surface area contributed by atoms with E-state index in [2.05, 4.69) is 36.6 Å². The quantitative estimate of drug-likeness (QED) is 0.567. The van der Waals surface area contributed by atoms with Crippen LogP contribution in [0.1, 0.15) is 16.7 Å². The van der Waals surface area contributed by atoms with Crippen molar-refractivity contribution in [2.24, 2.45) is 0 Å². The van der Waals surface area contributed by atoms with Crippen LogP contribution in [0, 0.1) is 13.8 Å². The normalized spacial score (nSPS) is 10.5. The zero-order chi connectivity index (χ0) is 12.0. The third kappa shape index (κ3) is 3.51. The van der Waals surface area contributed by atoms with Crippen LogP contribution < -0.4 is 15.4 Å². The number of benzene rings is 1. The third-order valence-electron chi connectivity index (χ3n) is 2.73. The molecule has 90 valence electrons. The minimum absolute atomic E-state index is 0.855. The highest BCUT2D eigenvalue weighted by atomic mass is 16.5. The first-order valence-corrected chi connectivity index (χ1v) is 5.68. The predicted molar refractivity (Wildman–Crippen MR) is 68.1 cm³/mol. The van der Waals surface area contributed by atoms with Gasteiger partial charge in [0.1, 0.15) is 5.75 Å². The van der Waals surface area contributed by atoms with E-state index < -0.39 is 0 Å². The van der Waals surface area contributed by atoms with Crippen LogP contribution in [-0.4, -0.2) is 27.4 Å². The lowest BCUT2D eigenvalue weighted by molar-refractivity contribution is 0.411. The highest BCUT2D eigenvalue weighted by Gasteiger charge is 2.04. The van der Waals surface area contributed by atoms with E-state index in [4.69, 9.17) is 4.74 Å². The van der Waals surface area contributed by atoms with E-state index in [0.717, 1.165) is 25.4 Å². The summed E-state index contributed by atoms with van der Waals surface area (Å²) < 4.78 is 5.30. The Balaban J connectivity index is 2.63. The summed E-state index contributed by atoms with van der Waals surface area (Å²) in [5.41, 5.74) is 3.90. The Bertz CT molecular complexity index is 337. The highest BCUT2D eigenvalue weighted by molar-refractivity contribution is 5.41. The molecule has 0 heterocycles. The van der Waals surface area contributed by atoms with E-state index in [9.17, 15) is 0 Å². The second-order valence-corrected chi connectivity index (χ2v) is 4.03. The molecule has 16 heavy (non-hydrogen) atoms. The van der Waals surface area contributed by atoms with Gasteiger partial charge in [-0.25, -0.2) is 0 Å². The lowest BCUT2D eigenvalue weighted by Crippen LogP contribution is -2.27. The maximum absolute atomic E-state index is 5.30. The number of hydrogen-bond acceptors (Lipinski definition) is 3. The summed E-state index contributed by atoms with van der Waals surface area (Å²) >= 11 is 0. The summed E-state index contributed by atoms with van der Waals surface area (Å²) in [6.07, 6.45) is 1.05. The first-order chi connectivity index (χ1) is 7.69.